The summed E-state index contributed by atoms with van der Waals surface area (Å²) < 4.78 is 0. The Labute approximate surface area is 166 Å². The van der Waals surface area contributed by atoms with Gasteiger partial charge in [0.25, 0.3) is 0 Å². The molecular formula is C22H30N2O4. The third-order valence-corrected chi connectivity index (χ3v) is 5.95. The van der Waals surface area contributed by atoms with E-state index >= 15 is 0 Å². The molecule has 0 aromatic heterocycles. The van der Waals surface area contributed by atoms with Crippen molar-refractivity contribution < 1.29 is 19.5 Å². The number of ketones is 2. The third-order valence-electron chi connectivity index (χ3n) is 5.95. The first kappa shape index (κ1) is 20.7. The quantitative estimate of drug-likeness (QED) is 0.709. The van der Waals surface area contributed by atoms with Crippen molar-refractivity contribution in [3.05, 3.63) is 35.9 Å². The summed E-state index contributed by atoms with van der Waals surface area (Å²) in [7, 11) is 0. The highest BCUT2D eigenvalue weighted by atomic mass is 16.3. The second kappa shape index (κ2) is 9.43. The number of nitrogens with zero attached hydrogens (tertiary/aromatic N) is 1. The number of likely N-dealkylation sites (tertiary alicyclic amines) is 1. The van der Waals surface area contributed by atoms with E-state index in [1.807, 2.05) is 37.3 Å². The predicted octanol–water partition coefficient (Wildman–Crippen LogP) is 1.64. The average Bonchev–Trinajstić information content (AvgIpc) is 3.34. The Kier molecular flexibility index (Phi) is 6.97. The maximum atomic E-state index is 13.0. The zero-order chi connectivity index (χ0) is 20.1. The van der Waals surface area contributed by atoms with E-state index in [1.165, 1.54) is 4.90 Å². The van der Waals surface area contributed by atoms with Gasteiger partial charge in [-0.15, -0.1) is 0 Å². The van der Waals surface area contributed by atoms with Gasteiger partial charge in [0.05, 0.1) is 18.1 Å². The molecule has 0 saturated carbocycles. The highest BCUT2D eigenvalue weighted by Crippen LogP contribution is 2.29. The minimum atomic E-state index is -0.679. The first-order chi connectivity index (χ1) is 13.5. The number of Topliss-reactive ketones (excluding diaryl/α,β-unsaturated/α-hetero) is 2. The second-order valence-electron chi connectivity index (χ2n) is 7.97. The molecule has 4 atom stereocenters. The Morgan fingerprint density at radius 3 is 2.43 bits per heavy atom. The molecule has 28 heavy (non-hydrogen) atoms. The van der Waals surface area contributed by atoms with E-state index in [0.29, 0.717) is 31.7 Å². The smallest absolute Gasteiger partial charge is 0.223 e. The highest BCUT2D eigenvalue weighted by molar-refractivity contribution is 5.97. The van der Waals surface area contributed by atoms with Crippen molar-refractivity contribution in [1.82, 2.24) is 10.2 Å². The van der Waals surface area contributed by atoms with Crippen LogP contribution >= 0.6 is 0 Å². The molecule has 6 nitrogen and oxygen atoms in total. The lowest BCUT2D eigenvalue weighted by Crippen LogP contribution is -2.52. The maximum Gasteiger partial charge on any atom is 0.223 e. The summed E-state index contributed by atoms with van der Waals surface area (Å²) in [6.45, 7) is 1.45. The molecule has 2 aliphatic rings. The topological polar surface area (TPSA) is 86.7 Å². The van der Waals surface area contributed by atoms with Crippen LogP contribution < -0.4 is 5.32 Å². The second-order valence-corrected chi connectivity index (χ2v) is 7.97. The zero-order valence-electron chi connectivity index (χ0n) is 16.5. The van der Waals surface area contributed by atoms with E-state index in [9.17, 15) is 19.5 Å². The highest BCUT2D eigenvalue weighted by Gasteiger charge is 2.45. The fourth-order valence-corrected chi connectivity index (χ4v) is 4.46. The van der Waals surface area contributed by atoms with Gasteiger partial charge in [-0.1, -0.05) is 30.3 Å². The van der Waals surface area contributed by atoms with E-state index < -0.39 is 18.7 Å². The molecule has 0 aliphatic carbocycles. The molecule has 1 aromatic carbocycles. The lowest BCUT2D eigenvalue weighted by Gasteiger charge is -2.30. The molecule has 6 heteroatoms. The fourth-order valence-electron chi connectivity index (χ4n) is 4.46. The summed E-state index contributed by atoms with van der Waals surface area (Å²) in [5.41, 5.74) is 1.16. The Morgan fingerprint density at radius 2 is 1.79 bits per heavy atom. The van der Waals surface area contributed by atoms with Gasteiger partial charge in [0.15, 0.2) is 11.6 Å². The standard InChI is InChI=1S/C22H30N2O4/c1-15-10-11-17(23-15)22(28)19-13-12-18(20(26)14-25)24(19)21(27)9-5-8-16-6-3-2-4-7-16/h2-4,6-7,15,17-19,23,25H,5,8-14H2,1H3/t15?,17-,18-,19-/m0/s1. The van der Waals surface area contributed by atoms with Gasteiger partial charge in [-0.3, -0.25) is 14.4 Å². The molecule has 152 valence electrons. The van der Waals surface area contributed by atoms with Crippen LogP contribution in [0.2, 0.25) is 0 Å². The summed E-state index contributed by atoms with van der Waals surface area (Å²) in [6.07, 6.45) is 4.38. The van der Waals surface area contributed by atoms with Crippen LogP contribution in [0.25, 0.3) is 0 Å². The minimum absolute atomic E-state index is 0.00833. The van der Waals surface area contributed by atoms with Crippen LogP contribution in [0.15, 0.2) is 30.3 Å². The van der Waals surface area contributed by atoms with Crippen LogP contribution in [-0.4, -0.2) is 58.3 Å². The monoisotopic (exact) mass is 386 g/mol. The van der Waals surface area contributed by atoms with Gasteiger partial charge in [0.2, 0.25) is 5.91 Å². The van der Waals surface area contributed by atoms with E-state index in [0.717, 1.165) is 24.8 Å². The molecule has 1 aromatic rings. The maximum absolute atomic E-state index is 13.0. The molecule has 0 spiro atoms. The van der Waals surface area contributed by atoms with Crippen LogP contribution in [0.4, 0.5) is 0 Å². The van der Waals surface area contributed by atoms with Gasteiger partial charge in [0.1, 0.15) is 6.61 Å². The Bertz CT molecular complexity index is 706. The number of carbonyl (C=O) groups excluding carboxylic acids is 3. The number of aliphatic hydroxyl groups excluding tert-OH is 1. The molecule has 0 radical (unpaired) electrons. The predicted molar refractivity (Wildman–Crippen MR) is 106 cm³/mol. The van der Waals surface area contributed by atoms with Crippen molar-refractivity contribution in [3.63, 3.8) is 0 Å². The van der Waals surface area contributed by atoms with Crippen LogP contribution in [0.3, 0.4) is 0 Å². The molecule has 3 rings (SSSR count). The minimum Gasteiger partial charge on any atom is -0.389 e. The number of aryl methyl sites for hydroxylation is 1. The third kappa shape index (κ3) is 4.67. The molecule has 2 fully saturated rings. The number of benzene rings is 1. The van der Waals surface area contributed by atoms with Gasteiger partial charge in [-0.2, -0.15) is 0 Å². The van der Waals surface area contributed by atoms with Gasteiger partial charge in [-0.05, 0) is 51.0 Å². The number of carbonyl (C=O) groups is 3. The van der Waals surface area contributed by atoms with Crippen LogP contribution in [0.5, 0.6) is 0 Å². The summed E-state index contributed by atoms with van der Waals surface area (Å²) in [6, 6.07) is 8.75. The molecule has 2 N–H and O–H groups in total. The van der Waals surface area contributed by atoms with E-state index in [4.69, 9.17) is 0 Å². The number of aliphatic hydroxyl groups is 1. The lowest BCUT2D eigenvalue weighted by atomic mass is 10.0. The number of amides is 1. The van der Waals surface area contributed by atoms with Crippen LogP contribution in [0.1, 0.15) is 51.0 Å². The first-order valence-electron chi connectivity index (χ1n) is 10.3. The number of hydrogen-bond acceptors (Lipinski definition) is 5. The van der Waals surface area contributed by atoms with Gasteiger partial charge < -0.3 is 15.3 Å². The Balaban J connectivity index is 1.67. The number of nitrogens with one attached hydrogen (secondary N) is 1. The summed E-state index contributed by atoms with van der Waals surface area (Å²) in [5.74, 6) is -0.530. The molecule has 1 amide bonds. The van der Waals surface area contributed by atoms with Crippen LogP contribution in [-0.2, 0) is 20.8 Å². The largest absolute Gasteiger partial charge is 0.389 e. The number of rotatable bonds is 8. The van der Waals surface area contributed by atoms with Crippen molar-refractivity contribution >= 4 is 17.5 Å². The first-order valence-corrected chi connectivity index (χ1v) is 10.3. The Hall–Kier alpha value is -2.05. The van der Waals surface area contributed by atoms with Crippen molar-refractivity contribution in [2.24, 2.45) is 0 Å². The molecule has 1 unspecified atom stereocenters. The van der Waals surface area contributed by atoms with Crippen molar-refractivity contribution in [3.8, 4) is 0 Å². The molecule has 2 aliphatic heterocycles. The lowest BCUT2D eigenvalue weighted by molar-refractivity contribution is -0.144. The van der Waals surface area contributed by atoms with Crippen LogP contribution in [0, 0.1) is 0 Å². The van der Waals surface area contributed by atoms with Gasteiger partial charge in [0, 0.05) is 12.5 Å². The summed E-state index contributed by atoms with van der Waals surface area (Å²) in [4.78, 5) is 39.7. The average molecular weight is 386 g/mol. The van der Waals surface area contributed by atoms with Crippen molar-refractivity contribution in [1.29, 1.82) is 0 Å². The molecule has 0 bridgehead atoms. The zero-order valence-corrected chi connectivity index (χ0v) is 16.5. The molecule has 2 heterocycles. The van der Waals surface area contributed by atoms with E-state index in [-0.39, 0.29) is 23.5 Å². The van der Waals surface area contributed by atoms with Crippen molar-refractivity contribution in [2.45, 2.75) is 76.0 Å². The molecule has 2 saturated heterocycles. The van der Waals surface area contributed by atoms with Crippen molar-refractivity contribution in [2.75, 3.05) is 6.61 Å². The Morgan fingerprint density at radius 1 is 1.07 bits per heavy atom. The van der Waals surface area contributed by atoms with E-state index in [1.54, 1.807) is 0 Å². The molecular weight excluding hydrogens is 356 g/mol. The summed E-state index contributed by atoms with van der Waals surface area (Å²) >= 11 is 0. The summed E-state index contributed by atoms with van der Waals surface area (Å²) in [5, 5.41) is 12.6. The fraction of sp³-hybridized carbons (Fsp3) is 0.591. The van der Waals surface area contributed by atoms with Gasteiger partial charge in [-0.25, -0.2) is 0 Å². The van der Waals surface area contributed by atoms with E-state index in [2.05, 4.69) is 5.32 Å². The normalized spacial score (nSPS) is 27.1. The van der Waals surface area contributed by atoms with Gasteiger partial charge >= 0.3 is 0 Å². The SMILES string of the molecule is CC1CC[C@@H](C(=O)[C@@H]2CC[C@@H](C(=O)CO)N2C(=O)CCCc2ccccc2)N1. The number of hydrogen-bond donors (Lipinski definition) is 2.